The Morgan fingerprint density at radius 1 is 1.03 bits per heavy atom. The van der Waals surface area contributed by atoms with E-state index in [-0.39, 0.29) is 5.91 Å². The van der Waals surface area contributed by atoms with Crippen LogP contribution in [0.15, 0.2) is 60.8 Å². The Morgan fingerprint density at radius 2 is 1.69 bits per heavy atom. The number of hydrogen-bond acceptors (Lipinski definition) is 3. The fourth-order valence-corrected chi connectivity index (χ4v) is 3.98. The maximum absolute atomic E-state index is 13.3. The van der Waals surface area contributed by atoms with E-state index in [0.29, 0.717) is 29.1 Å². The van der Waals surface area contributed by atoms with Gasteiger partial charge in [0.2, 0.25) is 0 Å². The lowest BCUT2D eigenvalue weighted by Gasteiger charge is -2.17. The second kappa shape index (κ2) is 7.39. The van der Waals surface area contributed by atoms with Gasteiger partial charge in [-0.15, -0.1) is 0 Å². The van der Waals surface area contributed by atoms with E-state index in [9.17, 15) is 4.79 Å². The van der Waals surface area contributed by atoms with Crippen LogP contribution in [0.3, 0.4) is 0 Å². The Balaban J connectivity index is 1.51. The van der Waals surface area contributed by atoms with Gasteiger partial charge in [-0.05, 0) is 73.9 Å². The molecule has 2 aromatic carbocycles. The van der Waals surface area contributed by atoms with E-state index in [1.807, 2.05) is 60.8 Å². The van der Waals surface area contributed by atoms with Gasteiger partial charge >= 0.3 is 0 Å². The zero-order valence-electron chi connectivity index (χ0n) is 16.5. The molecule has 3 aromatic rings. The minimum Gasteiger partial charge on any atom is -0.497 e. The van der Waals surface area contributed by atoms with E-state index in [2.05, 4.69) is 5.32 Å². The van der Waals surface area contributed by atoms with Gasteiger partial charge < -0.3 is 10.1 Å². The SMILES string of the molecule is COc1ccc(-c2nn(-c3ccccc3)cc2C(=O)NC(C2CC2)C2CC2)cc1. The minimum absolute atomic E-state index is 0.0261. The van der Waals surface area contributed by atoms with Crippen LogP contribution in [-0.4, -0.2) is 28.8 Å². The topological polar surface area (TPSA) is 56.2 Å². The van der Waals surface area contributed by atoms with Gasteiger partial charge in [0.1, 0.15) is 11.4 Å². The summed E-state index contributed by atoms with van der Waals surface area (Å²) in [5.74, 6) is 2.06. The molecule has 2 aliphatic carbocycles. The van der Waals surface area contributed by atoms with Gasteiger partial charge in [0.25, 0.3) is 5.91 Å². The lowest BCUT2D eigenvalue weighted by molar-refractivity contribution is 0.0927. The summed E-state index contributed by atoms with van der Waals surface area (Å²) in [6.07, 6.45) is 6.78. The van der Waals surface area contributed by atoms with Gasteiger partial charge in [-0.25, -0.2) is 4.68 Å². The Labute approximate surface area is 170 Å². The second-order valence-electron chi connectivity index (χ2n) is 8.07. The Hall–Kier alpha value is -3.08. The first-order chi connectivity index (χ1) is 14.2. The summed E-state index contributed by atoms with van der Waals surface area (Å²) in [4.78, 5) is 13.3. The highest BCUT2D eigenvalue weighted by atomic mass is 16.5. The monoisotopic (exact) mass is 387 g/mol. The predicted molar refractivity (Wildman–Crippen MR) is 112 cm³/mol. The number of carbonyl (C=O) groups excluding carboxylic acids is 1. The molecule has 1 aromatic heterocycles. The molecule has 29 heavy (non-hydrogen) atoms. The summed E-state index contributed by atoms with van der Waals surface area (Å²) in [5, 5.41) is 8.11. The van der Waals surface area contributed by atoms with Crippen LogP contribution in [0.4, 0.5) is 0 Å². The molecule has 5 rings (SSSR count). The molecular weight excluding hydrogens is 362 g/mol. The molecule has 0 bridgehead atoms. The van der Waals surface area contributed by atoms with Crippen LogP contribution in [0, 0.1) is 11.8 Å². The number of carbonyl (C=O) groups is 1. The molecule has 1 amide bonds. The number of methoxy groups -OCH3 is 1. The molecule has 0 aliphatic heterocycles. The van der Waals surface area contributed by atoms with Crippen molar-refractivity contribution < 1.29 is 9.53 Å². The van der Waals surface area contributed by atoms with Crippen LogP contribution in [0.1, 0.15) is 36.0 Å². The molecule has 0 spiro atoms. The lowest BCUT2D eigenvalue weighted by Crippen LogP contribution is -2.38. The number of ether oxygens (including phenoxy) is 1. The van der Waals surface area contributed by atoms with Gasteiger partial charge in [0.05, 0.1) is 18.4 Å². The van der Waals surface area contributed by atoms with E-state index in [1.54, 1.807) is 11.8 Å². The zero-order valence-corrected chi connectivity index (χ0v) is 16.5. The van der Waals surface area contributed by atoms with E-state index in [0.717, 1.165) is 17.0 Å². The molecule has 5 heteroatoms. The largest absolute Gasteiger partial charge is 0.497 e. The molecule has 0 radical (unpaired) electrons. The first kappa shape index (κ1) is 18.0. The van der Waals surface area contributed by atoms with Crippen molar-refractivity contribution in [3.8, 4) is 22.7 Å². The van der Waals surface area contributed by atoms with E-state index in [4.69, 9.17) is 9.84 Å². The smallest absolute Gasteiger partial charge is 0.255 e. The maximum Gasteiger partial charge on any atom is 0.255 e. The van der Waals surface area contributed by atoms with Crippen molar-refractivity contribution in [2.75, 3.05) is 7.11 Å². The fraction of sp³-hybridized carbons (Fsp3) is 0.333. The second-order valence-corrected chi connectivity index (χ2v) is 8.07. The normalized spacial score (nSPS) is 16.1. The molecule has 2 aliphatic rings. The van der Waals surface area contributed by atoms with E-state index < -0.39 is 0 Å². The Bertz CT molecular complexity index is 990. The van der Waals surface area contributed by atoms with Crippen LogP contribution < -0.4 is 10.1 Å². The third-order valence-electron chi connectivity index (χ3n) is 5.90. The van der Waals surface area contributed by atoms with Crippen LogP contribution in [-0.2, 0) is 0 Å². The van der Waals surface area contributed by atoms with Crippen molar-refractivity contribution >= 4 is 5.91 Å². The molecular formula is C24H25N3O2. The molecule has 0 unspecified atom stereocenters. The molecule has 0 atom stereocenters. The number of rotatable bonds is 7. The Kier molecular flexibility index (Phi) is 4.58. The summed E-state index contributed by atoms with van der Waals surface area (Å²) in [5.41, 5.74) is 3.15. The van der Waals surface area contributed by atoms with Crippen LogP contribution in [0.25, 0.3) is 16.9 Å². The number of benzene rings is 2. The van der Waals surface area contributed by atoms with Crippen molar-refractivity contribution in [3.05, 3.63) is 66.4 Å². The average Bonchev–Trinajstić information content (AvgIpc) is 3.70. The zero-order chi connectivity index (χ0) is 19.8. The van der Waals surface area contributed by atoms with Gasteiger partial charge in [0.15, 0.2) is 0 Å². The quantitative estimate of drug-likeness (QED) is 0.651. The van der Waals surface area contributed by atoms with Gasteiger partial charge in [-0.3, -0.25) is 4.79 Å². The highest BCUT2D eigenvalue weighted by Gasteiger charge is 2.42. The average molecular weight is 387 g/mol. The molecule has 1 N–H and O–H groups in total. The van der Waals surface area contributed by atoms with E-state index >= 15 is 0 Å². The summed E-state index contributed by atoms with van der Waals surface area (Å²) >= 11 is 0. The van der Waals surface area contributed by atoms with Crippen LogP contribution in [0.2, 0.25) is 0 Å². The van der Waals surface area contributed by atoms with Crippen molar-refractivity contribution in [2.45, 2.75) is 31.7 Å². The third kappa shape index (κ3) is 3.77. The molecule has 2 saturated carbocycles. The van der Waals surface area contributed by atoms with Gasteiger partial charge in [-0.2, -0.15) is 5.10 Å². The predicted octanol–water partition coefficient (Wildman–Crippen LogP) is 4.47. The third-order valence-corrected chi connectivity index (χ3v) is 5.90. The highest BCUT2D eigenvalue weighted by Crippen LogP contribution is 2.44. The molecule has 1 heterocycles. The Morgan fingerprint density at radius 3 is 2.28 bits per heavy atom. The summed E-state index contributed by atoms with van der Waals surface area (Å²) < 4.78 is 7.06. The van der Waals surface area contributed by atoms with Crippen molar-refractivity contribution in [1.29, 1.82) is 0 Å². The first-order valence-electron chi connectivity index (χ1n) is 10.3. The lowest BCUT2D eigenvalue weighted by atomic mass is 10.0. The molecule has 148 valence electrons. The number of para-hydroxylation sites is 1. The standard InChI is InChI=1S/C24H25N3O2/c1-29-20-13-11-18(12-14-20)23-21(15-27(26-23)19-5-3-2-4-6-19)24(28)25-22(16-7-8-16)17-9-10-17/h2-6,11-17,22H,7-10H2,1H3,(H,25,28). The summed E-state index contributed by atoms with van der Waals surface area (Å²) in [6, 6.07) is 17.9. The van der Waals surface area contributed by atoms with Gasteiger partial charge in [-0.1, -0.05) is 18.2 Å². The van der Waals surface area contributed by atoms with Crippen molar-refractivity contribution in [1.82, 2.24) is 15.1 Å². The fourth-order valence-electron chi connectivity index (χ4n) is 3.98. The summed E-state index contributed by atoms with van der Waals surface area (Å²) in [7, 11) is 1.65. The van der Waals surface area contributed by atoms with Crippen molar-refractivity contribution in [3.63, 3.8) is 0 Å². The van der Waals surface area contributed by atoms with Crippen molar-refractivity contribution in [2.24, 2.45) is 11.8 Å². The number of nitrogens with one attached hydrogen (secondary N) is 1. The molecule has 0 saturated heterocycles. The minimum atomic E-state index is -0.0261. The maximum atomic E-state index is 13.3. The van der Waals surface area contributed by atoms with Crippen LogP contribution >= 0.6 is 0 Å². The molecule has 5 nitrogen and oxygen atoms in total. The van der Waals surface area contributed by atoms with Gasteiger partial charge in [0, 0.05) is 17.8 Å². The highest BCUT2D eigenvalue weighted by molar-refractivity contribution is 6.00. The number of amides is 1. The number of nitrogens with zero attached hydrogens (tertiary/aromatic N) is 2. The molecule has 2 fully saturated rings. The number of aromatic nitrogens is 2. The van der Waals surface area contributed by atoms with Crippen LogP contribution in [0.5, 0.6) is 5.75 Å². The summed E-state index contributed by atoms with van der Waals surface area (Å²) in [6.45, 7) is 0. The van der Waals surface area contributed by atoms with E-state index in [1.165, 1.54) is 25.7 Å². The first-order valence-corrected chi connectivity index (χ1v) is 10.3. The number of hydrogen-bond donors (Lipinski definition) is 1.